The van der Waals surface area contributed by atoms with Crippen molar-refractivity contribution in [1.29, 1.82) is 0 Å². The van der Waals surface area contributed by atoms with E-state index in [1.54, 1.807) is 34.6 Å². The Kier molecular flexibility index (Phi) is 13.0. The Morgan fingerprint density at radius 3 is 2.05 bits per heavy atom. The molecule has 0 heterocycles. The first-order valence-electron chi connectivity index (χ1n) is 15.7. The van der Waals surface area contributed by atoms with Gasteiger partial charge in [0.2, 0.25) is 17.6 Å². The number of urea groups is 1. The number of amides is 5. The maximum absolute atomic E-state index is 14.0. The molecule has 1 unspecified atom stereocenters. The summed E-state index contributed by atoms with van der Waals surface area (Å²) >= 11 is 0. The number of carbonyl (C=O) groups excluding carboxylic acids is 5. The molecule has 12 nitrogen and oxygen atoms in total. The van der Waals surface area contributed by atoms with E-state index in [1.807, 2.05) is 6.92 Å². The van der Waals surface area contributed by atoms with E-state index in [9.17, 15) is 32.4 Å². The highest BCUT2D eigenvalue weighted by Crippen LogP contribution is 2.31. The predicted octanol–water partition coefficient (Wildman–Crippen LogP) is 2.19. The number of hydrogen-bond donors (Lipinski definition) is 4. The zero-order chi connectivity index (χ0) is 32.6. The lowest BCUT2D eigenvalue weighted by Gasteiger charge is -2.40. The van der Waals surface area contributed by atoms with Crippen LogP contribution in [-0.4, -0.2) is 84.6 Å². The molecule has 0 aromatic heterocycles. The minimum absolute atomic E-state index is 0.0281. The molecule has 3 atom stereocenters. The molecule has 0 saturated heterocycles. The molecular weight excluding hydrogens is 574 g/mol. The van der Waals surface area contributed by atoms with Crippen molar-refractivity contribution in [1.82, 2.24) is 20.9 Å². The Labute approximate surface area is 256 Å². The van der Waals surface area contributed by atoms with Crippen LogP contribution in [0, 0.1) is 11.3 Å². The molecule has 0 radical (unpaired) electrons. The normalized spacial score (nSPS) is 19.2. The summed E-state index contributed by atoms with van der Waals surface area (Å²) in [5.41, 5.74) is 3.57. The van der Waals surface area contributed by atoms with Crippen LogP contribution in [0.1, 0.15) is 106 Å². The fraction of sp³-hybridized carbons (Fsp3) is 0.833. The molecule has 5 amide bonds. The van der Waals surface area contributed by atoms with E-state index in [4.69, 9.17) is 5.73 Å². The number of primary amides is 1. The molecule has 2 fully saturated rings. The smallest absolute Gasteiger partial charge is 0.315 e. The predicted molar refractivity (Wildman–Crippen MR) is 165 cm³/mol. The maximum Gasteiger partial charge on any atom is 0.315 e. The second-order valence-electron chi connectivity index (χ2n) is 13.4. The zero-order valence-corrected chi connectivity index (χ0v) is 27.6. The average Bonchev–Trinajstić information content (AvgIpc) is 2.89. The summed E-state index contributed by atoms with van der Waals surface area (Å²) in [6.07, 6.45) is 7.25. The van der Waals surface area contributed by atoms with Gasteiger partial charge in [-0.1, -0.05) is 73.1 Å². The van der Waals surface area contributed by atoms with E-state index in [1.165, 1.54) is 4.90 Å². The molecule has 0 aromatic rings. The van der Waals surface area contributed by atoms with Crippen LogP contribution >= 0.6 is 0 Å². The van der Waals surface area contributed by atoms with E-state index < -0.39 is 68.5 Å². The quantitative estimate of drug-likeness (QED) is 0.201. The first kappa shape index (κ1) is 36.5. The minimum Gasteiger partial charge on any atom is -0.363 e. The third-order valence-corrected chi connectivity index (χ3v) is 10.7. The fourth-order valence-corrected chi connectivity index (χ4v) is 7.32. The second-order valence-corrected chi connectivity index (χ2v) is 15.8. The van der Waals surface area contributed by atoms with Crippen molar-refractivity contribution in [3.8, 4) is 0 Å². The largest absolute Gasteiger partial charge is 0.363 e. The lowest BCUT2D eigenvalue weighted by Crippen LogP contribution is -2.63. The summed E-state index contributed by atoms with van der Waals surface area (Å²) in [4.78, 5) is 66.4. The fourth-order valence-electron chi connectivity index (χ4n) is 5.91. The minimum atomic E-state index is -3.38. The van der Waals surface area contributed by atoms with E-state index in [0.717, 1.165) is 38.5 Å². The Bertz CT molecular complexity index is 1120. The third kappa shape index (κ3) is 10.5. The highest BCUT2D eigenvalue weighted by atomic mass is 32.2. The number of hydrogen-bond acceptors (Lipinski definition) is 7. The van der Waals surface area contributed by atoms with Gasteiger partial charge in [0.25, 0.3) is 5.91 Å². The standard InChI is InChI=1S/C30H53N5O7S/c1-7-17-35(20(3)26(38)32-22(23(36)25(31)37)18-21-13-12-14-21)27(39)24(29(4,5)6)33-28(40)34-30(15-10-9-11-16-30)19-43(41,42)8-2/h20-22,24H,7-19H2,1-6H3,(H2,31,37)(H,32,38)(H2,33,34,40)/t20-,22?,24+/m0/s1. The van der Waals surface area contributed by atoms with E-state index in [2.05, 4.69) is 16.0 Å². The lowest BCUT2D eigenvalue weighted by molar-refractivity contribution is -0.144. The number of nitrogens with zero attached hydrogens (tertiary/aromatic N) is 1. The van der Waals surface area contributed by atoms with Gasteiger partial charge in [0.05, 0.1) is 17.3 Å². The van der Waals surface area contributed by atoms with Crippen molar-refractivity contribution in [2.24, 2.45) is 17.1 Å². The Balaban J connectivity index is 2.25. The van der Waals surface area contributed by atoms with Gasteiger partial charge in [-0.2, -0.15) is 0 Å². The molecule has 2 rings (SSSR count). The van der Waals surface area contributed by atoms with Crippen molar-refractivity contribution in [2.75, 3.05) is 18.1 Å². The van der Waals surface area contributed by atoms with Crippen molar-refractivity contribution in [2.45, 2.75) is 129 Å². The van der Waals surface area contributed by atoms with Gasteiger partial charge in [0.1, 0.15) is 12.1 Å². The molecule has 5 N–H and O–H groups in total. The van der Waals surface area contributed by atoms with Crippen LogP contribution in [0.5, 0.6) is 0 Å². The zero-order valence-electron chi connectivity index (χ0n) is 26.8. The molecule has 2 saturated carbocycles. The van der Waals surface area contributed by atoms with Crippen molar-refractivity contribution >= 4 is 39.4 Å². The summed E-state index contributed by atoms with van der Waals surface area (Å²) in [7, 11) is -3.38. The van der Waals surface area contributed by atoms with Crippen molar-refractivity contribution in [3.63, 3.8) is 0 Å². The van der Waals surface area contributed by atoms with Crippen LogP contribution in [0.15, 0.2) is 0 Å². The number of nitrogens with two attached hydrogens (primary N) is 1. The molecule has 43 heavy (non-hydrogen) atoms. The topological polar surface area (TPSA) is 185 Å². The number of sulfone groups is 1. The Hall–Kier alpha value is -2.70. The molecule has 2 aliphatic carbocycles. The summed E-state index contributed by atoms with van der Waals surface area (Å²) in [6, 6.07) is -3.76. The second kappa shape index (κ2) is 15.3. The summed E-state index contributed by atoms with van der Waals surface area (Å²) in [6.45, 7) is 10.6. The number of ketones is 1. The van der Waals surface area contributed by atoms with Gasteiger partial charge in [-0.05, 0) is 43.9 Å². The van der Waals surface area contributed by atoms with Gasteiger partial charge in [0.15, 0.2) is 9.84 Å². The van der Waals surface area contributed by atoms with E-state index in [-0.39, 0.29) is 24.0 Å². The molecule has 2 aliphatic rings. The van der Waals surface area contributed by atoms with Crippen molar-refractivity contribution < 1.29 is 32.4 Å². The maximum atomic E-state index is 14.0. The first-order chi connectivity index (χ1) is 19.9. The Morgan fingerprint density at radius 1 is 0.977 bits per heavy atom. The van der Waals surface area contributed by atoms with Crippen LogP contribution < -0.4 is 21.7 Å². The average molecular weight is 628 g/mol. The van der Waals surface area contributed by atoms with Gasteiger partial charge in [-0.25, -0.2) is 13.2 Å². The van der Waals surface area contributed by atoms with Crippen molar-refractivity contribution in [3.05, 3.63) is 0 Å². The monoisotopic (exact) mass is 627 g/mol. The van der Waals surface area contributed by atoms with Crippen LogP contribution in [0.2, 0.25) is 0 Å². The SMILES string of the molecule is CCCN(C(=O)[C@@H](NC(=O)NC1(CS(=O)(=O)CC)CCCCC1)C(C)(C)C)[C@@H](C)C(=O)NC(CC1CCC1)C(=O)C(N)=O. The number of rotatable bonds is 15. The van der Waals surface area contributed by atoms with Crippen LogP contribution in [0.25, 0.3) is 0 Å². The summed E-state index contributed by atoms with van der Waals surface area (Å²) in [5, 5.41) is 8.37. The molecule has 246 valence electrons. The molecule has 0 aliphatic heterocycles. The Morgan fingerprint density at radius 2 is 1.58 bits per heavy atom. The van der Waals surface area contributed by atoms with Gasteiger partial charge in [-0.15, -0.1) is 0 Å². The van der Waals surface area contributed by atoms with Crippen LogP contribution in [0.3, 0.4) is 0 Å². The lowest BCUT2D eigenvalue weighted by atomic mass is 9.80. The summed E-state index contributed by atoms with van der Waals surface area (Å²) < 4.78 is 25.1. The molecular formula is C30H53N5O7S. The number of nitrogens with one attached hydrogen (secondary N) is 3. The van der Waals surface area contributed by atoms with Gasteiger partial charge < -0.3 is 26.6 Å². The number of Topliss-reactive ketones (excluding diaryl/α,β-unsaturated/α-hetero) is 1. The van der Waals surface area contributed by atoms with Gasteiger partial charge in [-0.3, -0.25) is 19.2 Å². The molecule has 13 heteroatoms. The van der Waals surface area contributed by atoms with E-state index in [0.29, 0.717) is 25.7 Å². The third-order valence-electron chi connectivity index (χ3n) is 8.78. The summed E-state index contributed by atoms with van der Waals surface area (Å²) in [5.74, 6) is -3.04. The highest BCUT2D eigenvalue weighted by Gasteiger charge is 2.42. The van der Waals surface area contributed by atoms with Gasteiger partial charge in [0, 0.05) is 12.3 Å². The van der Waals surface area contributed by atoms with Gasteiger partial charge >= 0.3 is 6.03 Å². The van der Waals surface area contributed by atoms with E-state index >= 15 is 0 Å². The molecule has 0 aromatic carbocycles. The van der Waals surface area contributed by atoms with Crippen LogP contribution in [0.4, 0.5) is 4.79 Å². The highest BCUT2D eigenvalue weighted by molar-refractivity contribution is 7.91. The van der Waals surface area contributed by atoms with Crippen LogP contribution in [-0.2, 0) is 29.0 Å². The molecule has 0 bridgehead atoms. The molecule has 0 spiro atoms. The first-order valence-corrected chi connectivity index (χ1v) is 17.5. The number of carbonyl (C=O) groups is 5.